The summed E-state index contributed by atoms with van der Waals surface area (Å²) in [5.74, 6) is -1.64. The van der Waals surface area contributed by atoms with Gasteiger partial charge in [0.25, 0.3) is 0 Å². The van der Waals surface area contributed by atoms with E-state index in [0.29, 0.717) is 5.69 Å². The number of nitrogens with zero attached hydrogens (tertiary/aromatic N) is 1. The number of carbonyl (C=O) groups is 1. The summed E-state index contributed by atoms with van der Waals surface area (Å²) < 4.78 is 62.9. The maximum atomic E-state index is 14.7. The SMILES string of the molecule is CC(C)(C)OC(=O)NCc1ccc(N2CC[C@@](C3C=C(Cl)C(Cl)=C(Cl)C3)(C(F)(F)F)C2)cc1F. The lowest BCUT2D eigenvalue weighted by atomic mass is 9.71. The molecule has 2 atom stereocenters. The molecule has 1 saturated heterocycles. The third kappa shape index (κ3) is 5.77. The molecule has 1 N–H and O–H groups in total. The van der Waals surface area contributed by atoms with E-state index in [2.05, 4.69) is 5.32 Å². The van der Waals surface area contributed by atoms with Gasteiger partial charge in [-0.1, -0.05) is 46.9 Å². The zero-order chi connectivity index (χ0) is 25.5. The second-order valence-electron chi connectivity index (χ2n) is 9.50. The summed E-state index contributed by atoms with van der Waals surface area (Å²) in [5.41, 5.74) is -2.31. The van der Waals surface area contributed by atoms with Crippen molar-refractivity contribution in [3.8, 4) is 0 Å². The van der Waals surface area contributed by atoms with Gasteiger partial charge in [0.1, 0.15) is 11.4 Å². The normalized spacial score (nSPS) is 23.8. The van der Waals surface area contributed by atoms with E-state index < -0.39 is 35.0 Å². The van der Waals surface area contributed by atoms with Gasteiger partial charge >= 0.3 is 12.3 Å². The van der Waals surface area contributed by atoms with Crippen LogP contribution in [0.4, 0.5) is 28.0 Å². The van der Waals surface area contributed by atoms with Gasteiger partial charge in [0.05, 0.1) is 15.5 Å². The standard InChI is InChI=1S/C23H25Cl3F4N2O2/c1-21(2,3)34-20(33)31-11-13-4-5-15(10-18(13)27)32-7-6-22(12-32,23(28,29)30)14-8-16(24)19(26)17(25)9-14/h4-5,8,10,14H,6-7,9,11-12H2,1-3H3,(H,31,33)/t14?,22-/m1/s1. The van der Waals surface area contributed by atoms with Crippen LogP contribution >= 0.6 is 34.8 Å². The number of carbonyl (C=O) groups excluding carboxylic acids is 1. The van der Waals surface area contributed by atoms with E-state index in [1.54, 1.807) is 20.8 Å². The maximum Gasteiger partial charge on any atom is 0.407 e. The van der Waals surface area contributed by atoms with Gasteiger partial charge in [-0.15, -0.1) is 0 Å². The Bertz CT molecular complexity index is 1020. The topological polar surface area (TPSA) is 41.6 Å². The molecular weight excluding hydrogens is 519 g/mol. The van der Waals surface area contributed by atoms with Crippen LogP contribution in [0.1, 0.15) is 39.2 Å². The van der Waals surface area contributed by atoms with Crippen LogP contribution in [0, 0.1) is 17.2 Å². The summed E-state index contributed by atoms with van der Waals surface area (Å²) >= 11 is 18.1. The number of benzene rings is 1. The largest absolute Gasteiger partial charge is 0.444 e. The molecule has 1 unspecified atom stereocenters. The predicted octanol–water partition coefficient (Wildman–Crippen LogP) is 7.44. The fraction of sp³-hybridized carbons (Fsp3) is 0.522. The van der Waals surface area contributed by atoms with Crippen molar-refractivity contribution in [1.82, 2.24) is 5.32 Å². The summed E-state index contributed by atoms with van der Waals surface area (Å²) in [6, 6.07) is 4.15. The zero-order valence-electron chi connectivity index (χ0n) is 18.8. The molecule has 11 heteroatoms. The second-order valence-corrected chi connectivity index (χ2v) is 10.7. The van der Waals surface area contributed by atoms with Gasteiger partial charge < -0.3 is 15.0 Å². The van der Waals surface area contributed by atoms with Crippen molar-refractivity contribution in [2.45, 2.75) is 51.9 Å². The Morgan fingerprint density at radius 3 is 2.47 bits per heavy atom. The van der Waals surface area contributed by atoms with Gasteiger partial charge in [-0.3, -0.25) is 0 Å². The zero-order valence-corrected chi connectivity index (χ0v) is 21.1. The molecule has 0 aromatic heterocycles. The molecule has 1 aromatic rings. The summed E-state index contributed by atoms with van der Waals surface area (Å²) in [5, 5.41) is 2.61. The van der Waals surface area contributed by atoms with Gasteiger partial charge in [-0.2, -0.15) is 13.2 Å². The van der Waals surface area contributed by atoms with E-state index in [1.165, 1.54) is 29.2 Å². The predicted molar refractivity (Wildman–Crippen MR) is 126 cm³/mol. The number of alkyl halides is 3. The monoisotopic (exact) mass is 542 g/mol. The van der Waals surface area contributed by atoms with Crippen molar-refractivity contribution in [1.29, 1.82) is 0 Å². The highest BCUT2D eigenvalue weighted by Crippen LogP contribution is 2.56. The second kappa shape index (κ2) is 9.78. The number of allylic oxidation sites excluding steroid dienone is 4. The molecule has 0 spiro atoms. The molecule has 1 heterocycles. The van der Waals surface area contributed by atoms with Gasteiger partial charge in [-0.25, -0.2) is 9.18 Å². The average molecular weight is 544 g/mol. The van der Waals surface area contributed by atoms with Crippen LogP contribution in [0.2, 0.25) is 0 Å². The highest BCUT2D eigenvalue weighted by Gasteiger charge is 2.62. The van der Waals surface area contributed by atoms with Gasteiger partial charge in [0.2, 0.25) is 0 Å². The van der Waals surface area contributed by atoms with Crippen molar-refractivity contribution in [2.24, 2.45) is 11.3 Å². The van der Waals surface area contributed by atoms with Gasteiger partial charge in [0, 0.05) is 35.9 Å². The molecule has 1 aliphatic heterocycles. The first-order valence-corrected chi connectivity index (χ1v) is 11.7. The molecule has 1 aromatic carbocycles. The number of hydrogen-bond donors (Lipinski definition) is 1. The van der Waals surface area contributed by atoms with Crippen LogP contribution in [0.15, 0.2) is 39.4 Å². The number of hydrogen-bond acceptors (Lipinski definition) is 3. The van der Waals surface area contributed by atoms with E-state index >= 15 is 0 Å². The third-order valence-electron chi connectivity index (χ3n) is 5.99. The Labute approximate surface area is 210 Å². The van der Waals surface area contributed by atoms with Crippen LogP contribution in [0.3, 0.4) is 0 Å². The Balaban J connectivity index is 1.76. The summed E-state index contributed by atoms with van der Waals surface area (Å²) in [4.78, 5) is 13.3. The first-order chi connectivity index (χ1) is 15.6. The van der Waals surface area contributed by atoms with E-state index in [0.717, 1.165) is 0 Å². The number of halogens is 7. The van der Waals surface area contributed by atoms with Gasteiger partial charge in [0.15, 0.2) is 0 Å². The van der Waals surface area contributed by atoms with E-state index in [-0.39, 0.29) is 53.1 Å². The molecule has 1 amide bonds. The van der Waals surface area contributed by atoms with Crippen molar-refractivity contribution < 1.29 is 27.1 Å². The van der Waals surface area contributed by atoms with Crippen LogP contribution < -0.4 is 10.2 Å². The van der Waals surface area contributed by atoms with E-state index in [9.17, 15) is 22.4 Å². The highest BCUT2D eigenvalue weighted by atomic mass is 35.5. The summed E-state index contributed by atoms with van der Waals surface area (Å²) in [6.07, 6.45) is -4.20. The van der Waals surface area contributed by atoms with Crippen molar-refractivity contribution >= 4 is 46.6 Å². The lowest BCUT2D eigenvalue weighted by Crippen LogP contribution is -2.46. The first-order valence-electron chi connectivity index (χ1n) is 10.6. The molecule has 0 radical (unpaired) electrons. The van der Waals surface area contributed by atoms with Gasteiger partial charge in [-0.05, 0) is 51.7 Å². The minimum atomic E-state index is -4.54. The average Bonchev–Trinajstić information content (AvgIpc) is 3.16. The van der Waals surface area contributed by atoms with Crippen LogP contribution in [0.5, 0.6) is 0 Å². The lowest BCUT2D eigenvalue weighted by Gasteiger charge is -2.39. The molecule has 0 bridgehead atoms. The van der Waals surface area contributed by atoms with Crippen LogP contribution in [-0.4, -0.2) is 31.0 Å². The Hall–Kier alpha value is -1.64. The number of ether oxygens (including phenoxy) is 1. The van der Waals surface area contributed by atoms with Crippen molar-refractivity contribution in [3.63, 3.8) is 0 Å². The number of alkyl carbamates (subject to hydrolysis) is 1. The Morgan fingerprint density at radius 2 is 1.91 bits per heavy atom. The summed E-state index contributed by atoms with van der Waals surface area (Å²) in [6.45, 7) is 4.69. The van der Waals surface area contributed by atoms with E-state index in [1.807, 2.05) is 0 Å². The van der Waals surface area contributed by atoms with Crippen LogP contribution in [-0.2, 0) is 11.3 Å². The Morgan fingerprint density at radius 1 is 1.24 bits per heavy atom. The number of nitrogens with one attached hydrogen (secondary N) is 1. The minimum Gasteiger partial charge on any atom is -0.444 e. The fourth-order valence-corrected chi connectivity index (χ4v) is 4.95. The number of rotatable bonds is 4. The molecule has 1 fully saturated rings. The molecule has 0 saturated carbocycles. The number of amides is 1. The first kappa shape index (κ1) is 27.0. The third-order valence-corrected chi connectivity index (χ3v) is 7.28. The molecule has 34 heavy (non-hydrogen) atoms. The smallest absolute Gasteiger partial charge is 0.407 e. The fourth-order valence-electron chi connectivity index (χ4n) is 4.23. The molecule has 3 rings (SSSR count). The maximum absolute atomic E-state index is 14.7. The highest BCUT2D eigenvalue weighted by molar-refractivity contribution is 6.48. The Kier molecular flexibility index (Phi) is 7.76. The quantitative estimate of drug-likeness (QED) is 0.401. The van der Waals surface area contributed by atoms with Crippen molar-refractivity contribution in [3.05, 3.63) is 50.8 Å². The summed E-state index contributed by atoms with van der Waals surface area (Å²) in [7, 11) is 0. The molecule has 188 valence electrons. The van der Waals surface area contributed by atoms with E-state index in [4.69, 9.17) is 39.5 Å². The molecule has 1 aliphatic carbocycles. The minimum absolute atomic E-state index is 0.00197. The molecule has 4 nitrogen and oxygen atoms in total. The molecular formula is C23H25Cl3F4N2O2. The number of anilines is 1. The van der Waals surface area contributed by atoms with Crippen molar-refractivity contribution in [2.75, 3.05) is 18.0 Å². The van der Waals surface area contributed by atoms with Crippen LogP contribution in [0.25, 0.3) is 0 Å². The molecule has 2 aliphatic rings. The lowest BCUT2D eigenvalue weighted by molar-refractivity contribution is -0.229.